The molecular weight excluding hydrogens is 162 g/mol. The van der Waals surface area contributed by atoms with E-state index >= 15 is 0 Å². The van der Waals surface area contributed by atoms with Crippen LogP contribution in [0.5, 0.6) is 0 Å². The molecule has 4 heteroatoms. The summed E-state index contributed by atoms with van der Waals surface area (Å²) in [4.78, 5) is 0. The van der Waals surface area contributed by atoms with Crippen LogP contribution in [0.1, 0.15) is 6.92 Å². The van der Waals surface area contributed by atoms with Gasteiger partial charge in [0.25, 0.3) is 0 Å². The van der Waals surface area contributed by atoms with Crippen molar-refractivity contribution in [3.8, 4) is 0 Å². The maximum Gasteiger partial charge on any atom is 0.161 e. The second-order valence-electron chi connectivity index (χ2n) is 3.53. The van der Waals surface area contributed by atoms with Gasteiger partial charge in [0.15, 0.2) is 9.84 Å². The quantitative estimate of drug-likeness (QED) is 0.525. The lowest BCUT2D eigenvalue weighted by atomic mass is 10.4. The largest absolute Gasteiger partial charge is 0.325 e. The molecule has 0 unspecified atom stereocenters. The van der Waals surface area contributed by atoms with E-state index < -0.39 is 9.84 Å². The standard InChI is InChI=1S/C7H16NO2S/c1-3-8(2)4-6-11(9,10)7-5-8/h3-7H2,1-2H3/q+1. The van der Waals surface area contributed by atoms with Crippen LogP contribution in [0, 0.1) is 0 Å². The van der Waals surface area contributed by atoms with E-state index in [1.165, 1.54) is 0 Å². The Labute approximate surface area is 68.5 Å². The fourth-order valence-electron chi connectivity index (χ4n) is 1.25. The van der Waals surface area contributed by atoms with E-state index in [1.807, 2.05) is 0 Å². The summed E-state index contributed by atoms with van der Waals surface area (Å²) in [5.74, 6) is 0.745. The maximum atomic E-state index is 11.0. The third-order valence-electron chi connectivity index (χ3n) is 2.65. The van der Waals surface area contributed by atoms with Gasteiger partial charge < -0.3 is 4.48 Å². The Kier molecular flexibility index (Phi) is 2.25. The topological polar surface area (TPSA) is 34.1 Å². The first kappa shape index (κ1) is 9.00. The molecule has 1 aliphatic rings. The minimum Gasteiger partial charge on any atom is -0.325 e. The van der Waals surface area contributed by atoms with Gasteiger partial charge in [-0.2, -0.15) is 0 Å². The van der Waals surface area contributed by atoms with Gasteiger partial charge in [-0.15, -0.1) is 0 Å². The summed E-state index contributed by atoms with van der Waals surface area (Å²) in [7, 11) is -0.560. The zero-order chi connectivity index (χ0) is 8.54. The van der Waals surface area contributed by atoms with E-state index in [1.54, 1.807) is 0 Å². The van der Waals surface area contributed by atoms with Crippen molar-refractivity contribution in [1.29, 1.82) is 0 Å². The minimum absolute atomic E-state index is 0.372. The van der Waals surface area contributed by atoms with Gasteiger partial charge >= 0.3 is 0 Å². The van der Waals surface area contributed by atoms with Crippen molar-refractivity contribution < 1.29 is 12.9 Å². The average Bonchev–Trinajstić information content (AvgIpc) is 1.97. The molecule has 0 atom stereocenters. The number of sulfone groups is 1. The van der Waals surface area contributed by atoms with E-state index in [4.69, 9.17) is 0 Å². The summed E-state index contributed by atoms with van der Waals surface area (Å²) in [5, 5.41) is 0. The highest BCUT2D eigenvalue weighted by Crippen LogP contribution is 2.10. The lowest BCUT2D eigenvalue weighted by Gasteiger charge is -2.36. The lowest BCUT2D eigenvalue weighted by molar-refractivity contribution is -0.904. The molecular formula is C7H16NO2S+. The fraction of sp³-hybridized carbons (Fsp3) is 1.00. The van der Waals surface area contributed by atoms with Crippen molar-refractivity contribution in [3.05, 3.63) is 0 Å². The first-order chi connectivity index (χ1) is 4.97. The van der Waals surface area contributed by atoms with Gasteiger partial charge in [0.05, 0.1) is 38.2 Å². The molecule has 3 nitrogen and oxygen atoms in total. The van der Waals surface area contributed by atoms with Crippen molar-refractivity contribution in [1.82, 2.24) is 0 Å². The summed E-state index contributed by atoms with van der Waals surface area (Å²) in [6.45, 7) is 4.73. The SMILES string of the molecule is CC[N+]1(C)CCS(=O)(=O)CC1. The van der Waals surface area contributed by atoms with E-state index in [0.717, 1.165) is 24.1 Å². The molecule has 0 aromatic carbocycles. The van der Waals surface area contributed by atoms with Crippen LogP contribution in [0.15, 0.2) is 0 Å². The highest BCUT2D eigenvalue weighted by atomic mass is 32.2. The molecule has 1 rings (SSSR count). The summed E-state index contributed by atoms with van der Waals surface area (Å²) < 4.78 is 23.0. The zero-order valence-electron chi connectivity index (χ0n) is 7.21. The third-order valence-corrected chi connectivity index (χ3v) is 4.26. The summed E-state index contributed by atoms with van der Waals surface area (Å²) in [6, 6.07) is 0. The Bertz CT molecular complexity index is 219. The number of hydrogen-bond acceptors (Lipinski definition) is 2. The Balaban J connectivity index is 2.62. The van der Waals surface area contributed by atoms with Crippen molar-refractivity contribution >= 4 is 9.84 Å². The van der Waals surface area contributed by atoms with Crippen LogP contribution < -0.4 is 0 Å². The van der Waals surface area contributed by atoms with Gasteiger partial charge in [0.1, 0.15) is 0 Å². The van der Waals surface area contributed by atoms with Crippen LogP contribution in [0.25, 0.3) is 0 Å². The minimum atomic E-state index is -2.68. The van der Waals surface area contributed by atoms with Crippen molar-refractivity contribution in [2.24, 2.45) is 0 Å². The maximum absolute atomic E-state index is 11.0. The predicted molar refractivity (Wildman–Crippen MR) is 45.1 cm³/mol. The van der Waals surface area contributed by atoms with Crippen molar-refractivity contribution in [2.75, 3.05) is 38.2 Å². The van der Waals surface area contributed by atoms with E-state index in [0.29, 0.717) is 11.5 Å². The van der Waals surface area contributed by atoms with E-state index in [2.05, 4.69) is 14.0 Å². The van der Waals surface area contributed by atoms with Gasteiger partial charge in [-0.1, -0.05) is 0 Å². The molecule has 0 bridgehead atoms. The van der Waals surface area contributed by atoms with E-state index in [-0.39, 0.29) is 0 Å². The summed E-state index contributed by atoms with van der Waals surface area (Å²) in [6.07, 6.45) is 0. The summed E-state index contributed by atoms with van der Waals surface area (Å²) >= 11 is 0. The van der Waals surface area contributed by atoms with Crippen LogP contribution in [-0.2, 0) is 9.84 Å². The van der Waals surface area contributed by atoms with Crippen LogP contribution in [0.2, 0.25) is 0 Å². The Morgan fingerprint density at radius 1 is 1.27 bits per heavy atom. The molecule has 0 aromatic heterocycles. The highest BCUT2D eigenvalue weighted by molar-refractivity contribution is 7.91. The number of rotatable bonds is 1. The molecule has 0 saturated carbocycles. The molecule has 66 valence electrons. The lowest BCUT2D eigenvalue weighted by Crippen LogP contribution is -2.53. The van der Waals surface area contributed by atoms with Crippen molar-refractivity contribution in [3.63, 3.8) is 0 Å². The molecule has 1 saturated heterocycles. The first-order valence-corrected chi connectivity index (χ1v) is 5.84. The van der Waals surface area contributed by atoms with Gasteiger partial charge in [-0.25, -0.2) is 8.42 Å². The van der Waals surface area contributed by atoms with Gasteiger partial charge in [-0.05, 0) is 6.92 Å². The van der Waals surface area contributed by atoms with Crippen LogP contribution >= 0.6 is 0 Å². The molecule has 0 amide bonds. The van der Waals surface area contributed by atoms with E-state index in [9.17, 15) is 8.42 Å². The van der Waals surface area contributed by atoms with Gasteiger partial charge in [-0.3, -0.25) is 0 Å². The molecule has 0 aliphatic carbocycles. The summed E-state index contributed by atoms with van der Waals surface area (Å²) in [5.41, 5.74) is 0. The van der Waals surface area contributed by atoms with Crippen LogP contribution in [0.3, 0.4) is 0 Å². The van der Waals surface area contributed by atoms with Gasteiger partial charge in [0.2, 0.25) is 0 Å². The Morgan fingerprint density at radius 3 is 2.09 bits per heavy atom. The Morgan fingerprint density at radius 2 is 1.73 bits per heavy atom. The fourth-order valence-corrected chi connectivity index (χ4v) is 2.89. The molecule has 0 spiro atoms. The molecule has 0 radical (unpaired) electrons. The van der Waals surface area contributed by atoms with Crippen LogP contribution in [-0.4, -0.2) is 51.1 Å². The van der Waals surface area contributed by atoms with Crippen molar-refractivity contribution in [2.45, 2.75) is 6.92 Å². The van der Waals surface area contributed by atoms with Gasteiger partial charge in [0, 0.05) is 0 Å². The molecule has 1 aliphatic heterocycles. The molecule has 11 heavy (non-hydrogen) atoms. The first-order valence-electron chi connectivity index (χ1n) is 4.01. The third kappa shape index (κ3) is 2.17. The number of quaternary nitrogens is 1. The second kappa shape index (κ2) is 2.75. The zero-order valence-corrected chi connectivity index (χ0v) is 8.02. The molecule has 1 fully saturated rings. The predicted octanol–water partition coefficient (Wildman–Crippen LogP) is -0.119. The molecule has 1 heterocycles. The molecule has 0 aromatic rings. The highest BCUT2D eigenvalue weighted by Gasteiger charge is 2.30. The monoisotopic (exact) mass is 178 g/mol. The Hall–Kier alpha value is -0.0900. The number of nitrogens with zero attached hydrogens (tertiary/aromatic N) is 1. The molecule has 0 N–H and O–H groups in total. The smallest absolute Gasteiger partial charge is 0.161 e. The number of hydrogen-bond donors (Lipinski definition) is 0. The average molecular weight is 178 g/mol. The normalized spacial score (nSPS) is 28.2. The van der Waals surface area contributed by atoms with Crippen LogP contribution in [0.4, 0.5) is 0 Å². The second-order valence-corrected chi connectivity index (χ2v) is 5.84.